The molecule has 1 saturated heterocycles. The molecule has 1 heterocycles. The van der Waals surface area contributed by atoms with Gasteiger partial charge in [-0.05, 0) is 13.1 Å². The highest BCUT2D eigenvalue weighted by Crippen LogP contribution is 2.25. The Morgan fingerprint density at radius 1 is 1.35 bits per heavy atom. The lowest BCUT2D eigenvalue weighted by molar-refractivity contribution is 0.211. The molecule has 0 aromatic heterocycles. The monoisotopic (exact) mass is 254 g/mol. The van der Waals surface area contributed by atoms with Crippen molar-refractivity contribution in [2.45, 2.75) is 6.04 Å². The fourth-order valence-corrected chi connectivity index (χ4v) is 3.19. The van der Waals surface area contributed by atoms with E-state index in [-0.39, 0.29) is 11.9 Å². The Labute approximate surface area is 107 Å². The summed E-state index contributed by atoms with van der Waals surface area (Å²) in [6.07, 6.45) is 0. The molecule has 4 heteroatoms. The van der Waals surface area contributed by atoms with E-state index in [1.807, 2.05) is 30.9 Å². The minimum absolute atomic E-state index is 0.0917. The molecule has 0 aliphatic carbocycles. The van der Waals surface area contributed by atoms with Crippen LogP contribution < -0.4 is 5.32 Å². The van der Waals surface area contributed by atoms with Gasteiger partial charge >= 0.3 is 0 Å². The predicted octanol–water partition coefficient (Wildman–Crippen LogP) is 2.13. The number of rotatable bonds is 4. The van der Waals surface area contributed by atoms with Gasteiger partial charge < -0.3 is 5.32 Å². The first-order chi connectivity index (χ1) is 8.33. The average molecular weight is 254 g/mol. The Kier molecular flexibility index (Phi) is 4.83. The first kappa shape index (κ1) is 12.9. The van der Waals surface area contributed by atoms with Gasteiger partial charge in [-0.25, -0.2) is 4.39 Å². The number of hydrogen-bond acceptors (Lipinski definition) is 3. The van der Waals surface area contributed by atoms with Crippen molar-refractivity contribution in [3.05, 3.63) is 35.6 Å². The zero-order chi connectivity index (χ0) is 12.1. The van der Waals surface area contributed by atoms with E-state index >= 15 is 0 Å². The average Bonchev–Trinajstić information content (AvgIpc) is 2.38. The topological polar surface area (TPSA) is 15.3 Å². The van der Waals surface area contributed by atoms with Crippen molar-refractivity contribution in [2.24, 2.45) is 0 Å². The van der Waals surface area contributed by atoms with E-state index in [2.05, 4.69) is 10.2 Å². The first-order valence-electron chi connectivity index (χ1n) is 6.03. The van der Waals surface area contributed by atoms with Crippen molar-refractivity contribution in [3.63, 3.8) is 0 Å². The van der Waals surface area contributed by atoms with Gasteiger partial charge in [0.25, 0.3) is 0 Å². The highest BCUT2D eigenvalue weighted by atomic mass is 32.2. The second-order valence-corrected chi connectivity index (χ2v) is 5.47. The van der Waals surface area contributed by atoms with Crippen LogP contribution in [-0.2, 0) is 0 Å². The minimum atomic E-state index is -0.0917. The normalized spacial score (nSPS) is 19.2. The van der Waals surface area contributed by atoms with E-state index in [9.17, 15) is 4.39 Å². The SMILES string of the molecule is CNCC(c1ccccc1F)N1CCSCC1. The van der Waals surface area contributed by atoms with E-state index in [1.165, 1.54) is 0 Å². The number of nitrogens with zero attached hydrogens (tertiary/aromatic N) is 1. The maximum absolute atomic E-state index is 13.9. The van der Waals surface area contributed by atoms with E-state index in [1.54, 1.807) is 12.1 Å². The lowest BCUT2D eigenvalue weighted by Crippen LogP contribution is -2.40. The van der Waals surface area contributed by atoms with E-state index in [0.29, 0.717) is 0 Å². The first-order valence-corrected chi connectivity index (χ1v) is 7.19. The molecule has 1 unspecified atom stereocenters. The molecule has 2 nitrogen and oxygen atoms in total. The van der Waals surface area contributed by atoms with Crippen LogP contribution in [0.3, 0.4) is 0 Å². The maximum Gasteiger partial charge on any atom is 0.128 e. The van der Waals surface area contributed by atoms with Gasteiger partial charge in [-0.1, -0.05) is 18.2 Å². The minimum Gasteiger partial charge on any atom is -0.318 e. The number of benzene rings is 1. The van der Waals surface area contributed by atoms with Crippen LogP contribution in [0.15, 0.2) is 24.3 Å². The Hall–Kier alpha value is -0.580. The third kappa shape index (κ3) is 3.21. The molecule has 1 atom stereocenters. The Morgan fingerprint density at radius 2 is 2.06 bits per heavy atom. The third-order valence-corrected chi connectivity index (χ3v) is 4.09. The second-order valence-electron chi connectivity index (χ2n) is 4.24. The molecule has 17 heavy (non-hydrogen) atoms. The van der Waals surface area contributed by atoms with Gasteiger partial charge in [0.05, 0.1) is 6.04 Å². The molecule has 2 rings (SSSR count). The summed E-state index contributed by atoms with van der Waals surface area (Å²) in [6, 6.07) is 7.28. The van der Waals surface area contributed by atoms with Crippen molar-refractivity contribution < 1.29 is 4.39 Å². The van der Waals surface area contributed by atoms with Crippen LogP contribution in [0.1, 0.15) is 11.6 Å². The van der Waals surface area contributed by atoms with Crippen LogP contribution in [-0.4, -0.2) is 43.1 Å². The molecule has 0 bridgehead atoms. The largest absolute Gasteiger partial charge is 0.318 e. The number of halogens is 1. The van der Waals surface area contributed by atoms with Gasteiger partial charge in [0.2, 0.25) is 0 Å². The highest BCUT2D eigenvalue weighted by Gasteiger charge is 2.23. The van der Waals surface area contributed by atoms with Gasteiger partial charge in [-0.15, -0.1) is 0 Å². The van der Waals surface area contributed by atoms with Crippen LogP contribution in [0.5, 0.6) is 0 Å². The van der Waals surface area contributed by atoms with Crippen molar-refractivity contribution in [1.82, 2.24) is 10.2 Å². The molecule has 1 aliphatic heterocycles. The summed E-state index contributed by atoms with van der Waals surface area (Å²) < 4.78 is 13.9. The van der Waals surface area contributed by atoms with E-state index in [4.69, 9.17) is 0 Å². The molecule has 0 amide bonds. The van der Waals surface area contributed by atoms with Gasteiger partial charge in [0.15, 0.2) is 0 Å². The summed E-state index contributed by atoms with van der Waals surface area (Å²) in [6.45, 7) is 2.89. The van der Waals surface area contributed by atoms with Gasteiger partial charge in [0.1, 0.15) is 5.82 Å². The summed E-state index contributed by atoms with van der Waals surface area (Å²) in [5, 5.41) is 3.18. The van der Waals surface area contributed by atoms with E-state index < -0.39 is 0 Å². The Morgan fingerprint density at radius 3 is 2.71 bits per heavy atom. The third-order valence-electron chi connectivity index (χ3n) is 3.15. The molecule has 1 aliphatic rings. The van der Waals surface area contributed by atoms with Crippen molar-refractivity contribution in [1.29, 1.82) is 0 Å². The molecule has 1 N–H and O–H groups in total. The standard InChI is InChI=1S/C13H19FN2S/c1-15-10-13(16-6-8-17-9-7-16)11-4-2-3-5-12(11)14/h2-5,13,15H,6-10H2,1H3. The fraction of sp³-hybridized carbons (Fsp3) is 0.538. The fourth-order valence-electron chi connectivity index (χ4n) is 2.26. The summed E-state index contributed by atoms with van der Waals surface area (Å²) in [4.78, 5) is 2.38. The lowest BCUT2D eigenvalue weighted by atomic mass is 10.0. The van der Waals surface area contributed by atoms with E-state index in [0.717, 1.165) is 36.7 Å². The summed E-state index contributed by atoms with van der Waals surface area (Å²) >= 11 is 1.98. The zero-order valence-corrected chi connectivity index (χ0v) is 11.0. The molecule has 1 aromatic rings. The maximum atomic E-state index is 13.9. The molecule has 1 aromatic carbocycles. The van der Waals surface area contributed by atoms with Gasteiger partial charge in [-0.2, -0.15) is 11.8 Å². The van der Waals surface area contributed by atoms with Gasteiger partial charge in [0, 0.05) is 36.7 Å². The highest BCUT2D eigenvalue weighted by molar-refractivity contribution is 7.99. The number of thioether (sulfide) groups is 1. The Bertz CT molecular complexity index is 353. The van der Waals surface area contributed by atoms with Crippen molar-refractivity contribution in [3.8, 4) is 0 Å². The second kappa shape index (κ2) is 6.38. The molecular formula is C13H19FN2S. The Balaban J connectivity index is 2.18. The lowest BCUT2D eigenvalue weighted by Gasteiger charge is -2.34. The van der Waals surface area contributed by atoms with Crippen LogP contribution >= 0.6 is 11.8 Å². The van der Waals surface area contributed by atoms with Crippen molar-refractivity contribution in [2.75, 3.05) is 38.2 Å². The van der Waals surface area contributed by atoms with Crippen LogP contribution in [0, 0.1) is 5.82 Å². The molecule has 0 saturated carbocycles. The summed E-state index contributed by atoms with van der Waals surface area (Å²) in [5.41, 5.74) is 0.814. The van der Waals surface area contributed by atoms with Crippen LogP contribution in [0.2, 0.25) is 0 Å². The number of hydrogen-bond donors (Lipinski definition) is 1. The number of nitrogens with one attached hydrogen (secondary N) is 1. The predicted molar refractivity (Wildman–Crippen MR) is 72.0 cm³/mol. The quantitative estimate of drug-likeness (QED) is 0.886. The molecule has 0 spiro atoms. The molecule has 1 fully saturated rings. The molecular weight excluding hydrogens is 235 g/mol. The molecule has 0 radical (unpaired) electrons. The van der Waals surface area contributed by atoms with Crippen LogP contribution in [0.4, 0.5) is 4.39 Å². The summed E-state index contributed by atoms with van der Waals surface area (Å²) in [5.74, 6) is 2.20. The zero-order valence-electron chi connectivity index (χ0n) is 10.2. The number of likely N-dealkylation sites (N-methyl/N-ethyl adjacent to an activating group) is 1. The summed E-state index contributed by atoms with van der Waals surface area (Å²) in [7, 11) is 1.92. The van der Waals surface area contributed by atoms with Gasteiger partial charge in [-0.3, -0.25) is 4.90 Å². The smallest absolute Gasteiger partial charge is 0.128 e. The van der Waals surface area contributed by atoms with Crippen LogP contribution in [0.25, 0.3) is 0 Å². The van der Waals surface area contributed by atoms with Crippen molar-refractivity contribution >= 4 is 11.8 Å². The molecule has 94 valence electrons.